The van der Waals surface area contributed by atoms with Crippen LogP contribution in [0.15, 0.2) is 6.33 Å². The van der Waals surface area contributed by atoms with Gasteiger partial charge in [0, 0.05) is 5.54 Å². The average Bonchev–Trinajstić information content (AvgIpc) is 2.65. The second kappa shape index (κ2) is 5.27. The molecule has 6 nitrogen and oxygen atoms in total. The van der Waals surface area contributed by atoms with E-state index in [0.717, 1.165) is 6.42 Å². The maximum Gasteiger partial charge on any atom is 0.242 e. The summed E-state index contributed by atoms with van der Waals surface area (Å²) in [7, 11) is 0. The maximum absolute atomic E-state index is 11.7. The third-order valence-electron chi connectivity index (χ3n) is 2.63. The van der Waals surface area contributed by atoms with E-state index in [4.69, 9.17) is 5.73 Å². The Bertz CT molecular complexity index is 383. The maximum atomic E-state index is 11.7. The Balaban J connectivity index is 2.56. The van der Waals surface area contributed by atoms with Crippen LogP contribution < -0.4 is 11.1 Å². The lowest BCUT2D eigenvalue weighted by molar-refractivity contribution is -0.123. The molecule has 1 aromatic heterocycles. The van der Waals surface area contributed by atoms with Crippen molar-refractivity contribution >= 4 is 5.91 Å². The number of nitrogens with one attached hydrogen (secondary N) is 1. The summed E-state index contributed by atoms with van der Waals surface area (Å²) in [5.74, 6) is 0.477. The fourth-order valence-electron chi connectivity index (χ4n) is 1.25. The van der Waals surface area contributed by atoms with Gasteiger partial charge in [0.25, 0.3) is 0 Å². The Hall–Kier alpha value is -1.43. The van der Waals surface area contributed by atoms with Crippen LogP contribution in [0.25, 0.3) is 0 Å². The Morgan fingerprint density at radius 1 is 1.65 bits per heavy atom. The van der Waals surface area contributed by atoms with Crippen LogP contribution in [-0.4, -0.2) is 26.2 Å². The fourth-order valence-corrected chi connectivity index (χ4v) is 1.25. The quantitative estimate of drug-likeness (QED) is 0.788. The van der Waals surface area contributed by atoms with Gasteiger partial charge in [-0.25, -0.2) is 9.67 Å². The summed E-state index contributed by atoms with van der Waals surface area (Å²) >= 11 is 0. The first kappa shape index (κ1) is 13.6. The van der Waals surface area contributed by atoms with Gasteiger partial charge in [-0.15, -0.1) is 0 Å². The molecule has 1 aromatic rings. The molecule has 3 N–H and O–H groups in total. The molecule has 0 saturated carbocycles. The lowest BCUT2D eigenvalue weighted by atomic mass is 10.0. The van der Waals surface area contributed by atoms with E-state index in [1.165, 1.54) is 11.0 Å². The largest absolute Gasteiger partial charge is 0.350 e. The summed E-state index contributed by atoms with van der Waals surface area (Å²) in [6.45, 7) is 7.98. The number of carbonyl (C=O) groups excluding carboxylic acids is 1. The van der Waals surface area contributed by atoms with Gasteiger partial charge in [0.15, 0.2) is 5.82 Å². The standard InChI is InChI=1S/C11H21N5O/c1-5-11(3,4)14-9(17)6-16-7-13-10(15-16)8(2)12/h7-8H,5-6,12H2,1-4H3,(H,14,17). The molecule has 0 radical (unpaired) electrons. The van der Waals surface area contributed by atoms with E-state index in [-0.39, 0.29) is 24.0 Å². The molecule has 0 fully saturated rings. The highest BCUT2D eigenvalue weighted by Gasteiger charge is 2.18. The van der Waals surface area contributed by atoms with Crippen molar-refractivity contribution in [2.45, 2.75) is 52.2 Å². The molecule has 0 spiro atoms. The molecule has 6 heteroatoms. The lowest BCUT2D eigenvalue weighted by Crippen LogP contribution is -2.44. The van der Waals surface area contributed by atoms with Crippen molar-refractivity contribution in [1.82, 2.24) is 20.1 Å². The SMILES string of the molecule is CCC(C)(C)NC(=O)Cn1cnc(C(C)N)n1. The number of aromatic nitrogens is 3. The van der Waals surface area contributed by atoms with Crippen LogP contribution in [0, 0.1) is 0 Å². The molecule has 1 atom stereocenters. The predicted octanol–water partition coefficient (Wildman–Crippen LogP) is 0.603. The van der Waals surface area contributed by atoms with Gasteiger partial charge >= 0.3 is 0 Å². The number of rotatable bonds is 5. The zero-order valence-electron chi connectivity index (χ0n) is 10.9. The van der Waals surface area contributed by atoms with Crippen molar-refractivity contribution in [2.24, 2.45) is 5.73 Å². The summed E-state index contributed by atoms with van der Waals surface area (Å²) in [5, 5.41) is 7.06. The van der Waals surface area contributed by atoms with Crippen LogP contribution in [-0.2, 0) is 11.3 Å². The summed E-state index contributed by atoms with van der Waals surface area (Å²) in [5.41, 5.74) is 5.45. The molecule has 0 bridgehead atoms. The van der Waals surface area contributed by atoms with E-state index >= 15 is 0 Å². The molecule has 1 unspecified atom stereocenters. The van der Waals surface area contributed by atoms with Crippen LogP contribution in [0.1, 0.15) is 46.0 Å². The van der Waals surface area contributed by atoms with E-state index in [1.54, 1.807) is 6.92 Å². The molecule has 1 heterocycles. The smallest absolute Gasteiger partial charge is 0.242 e. The van der Waals surface area contributed by atoms with E-state index in [0.29, 0.717) is 5.82 Å². The van der Waals surface area contributed by atoms with E-state index in [1.807, 2.05) is 20.8 Å². The van der Waals surface area contributed by atoms with Crippen molar-refractivity contribution in [2.75, 3.05) is 0 Å². The molecular formula is C11H21N5O. The van der Waals surface area contributed by atoms with Gasteiger partial charge in [-0.1, -0.05) is 6.92 Å². The van der Waals surface area contributed by atoms with Crippen LogP contribution in [0.5, 0.6) is 0 Å². The minimum Gasteiger partial charge on any atom is -0.350 e. The Kier molecular flexibility index (Phi) is 4.22. The fraction of sp³-hybridized carbons (Fsp3) is 0.727. The highest BCUT2D eigenvalue weighted by molar-refractivity contribution is 5.76. The van der Waals surface area contributed by atoms with Crippen molar-refractivity contribution < 1.29 is 4.79 Å². The van der Waals surface area contributed by atoms with E-state index in [2.05, 4.69) is 15.4 Å². The molecule has 0 aliphatic heterocycles. The minimum atomic E-state index is -0.216. The van der Waals surface area contributed by atoms with Gasteiger partial charge in [0.05, 0.1) is 6.04 Å². The third-order valence-corrected chi connectivity index (χ3v) is 2.63. The highest BCUT2D eigenvalue weighted by atomic mass is 16.2. The van der Waals surface area contributed by atoms with Gasteiger partial charge in [-0.3, -0.25) is 4.79 Å². The van der Waals surface area contributed by atoms with Crippen LogP contribution in [0.3, 0.4) is 0 Å². The van der Waals surface area contributed by atoms with Crippen LogP contribution in [0.4, 0.5) is 0 Å². The van der Waals surface area contributed by atoms with Crippen molar-refractivity contribution in [3.05, 3.63) is 12.2 Å². The van der Waals surface area contributed by atoms with Gasteiger partial charge in [-0.05, 0) is 27.2 Å². The van der Waals surface area contributed by atoms with Crippen molar-refractivity contribution in [3.8, 4) is 0 Å². The Morgan fingerprint density at radius 3 is 2.76 bits per heavy atom. The number of nitrogens with zero attached hydrogens (tertiary/aromatic N) is 3. The van der Waals surface area contributed by atoms with Crippen molar-refractivity contribution in [1.29, 1.82) is 0 Å². The summed E-state index contributed by atoms with van der Waals surface area (Å²) in [6, 6.07) is -0.216. The molecule has 0 saturated heterocycles. The van der Waals surface area contributed by atoms with E-state index < -0.39 is 0 Å². The van der Waals surface area contributed by atoms with Gasteiger partial charge in [0.1, 0.15) is 12.9 Å². The van der Waals surface area contributed by atoms with Crippen LogP contribution >= 0.6 is 0 Å². The van der Waals surface area contributed by atoms with Crippen LogP contribution in [0.2, 0.25) is 0 Å². The first-order valence-electron chi connectivity index (χ1n) is 5.80. The molecule has 0 aromatic carbocycles. The highest BCUT2D eigenvalue weighted by Crippen LogP contribution is 2.06. The summed E-state index contributed by atoms with van der Waals surface area (Å²) in [6.07, 6.45) is 2.40. The molecule has 96 valence electrons. The van der Waals surface area contributed by atoms with Gasteiger partial charge in [0.2, 0.25) is 5.91 Å². The molecule has 1 rings (SSSR count). The second-order valence-electron chi connectivity index (χ2n) is 4.87. The summed E-state index contributed by atoms with van der Waals surface area (Å²) in [4.78, 5) is 15.8. The monoisotopic (exact) mass is 239 g/mol. The zero-order chi connectivity index (χ0) is 13.1. The minimum absolute atomic E-state index is 0.0713. The first-order chi connectivity index (χ1) is 7.84. The second-order valence-corrected chi connectivity index (χ2v) is 4.87. The molecular weight excluding hydrogens is 218 g/mol. The zero-order valence-corrected chi connectivity index (χ0v) is 10.9. The molecule has 17 heavy (non-hydrogen) atoms. The van der Waals surface area contributed by atoms with Gasteiger partial charge in [-0.2, -0.15) is 5.10 Å². The predicted molar refractivity (Wildman–Crippen MR) is 65.1 cm³/mol. The molecule has 1 amide bonds. The van der Waals surface area contributed by atoms with Crippen molar-refractivity contribution in [3.63, 3.8) is 0 Å². The lowest BCUT2D eigenvalue weighted by Gasteiger charge is -2.24. The first-order valence-corrected chi connectivity index (χ1v) is 5.80. The number of hydrogen-bond acceptors (Lipinski definition) is 4. The topological polar surface area (TPSA) is 85.8 Å². The van der Waals surface area contributed by atoms with E-state index in [9.17, 15) is 4.79 Å². The number of carbonyl (C=O) groups is 1. The summed E-state index contributed by atoms with van der Waals surface area (Å²) < 4.78 is 1.50. The van der Waals surface area contributed by atoms with Gasteiger partial charge < -0.3 is 11.1 Å². The normalized spacial score (nSPS) is 13.5. The number of nitrogens with two attached hydrogens (primary N) is 1. The number of amides is 1. The third kappa shape index (κ3) is 4.14. The Morgan fingerprint density at radius 2 is 2.29 bits per heavy atom. The Labute approximate surface area is 102 Å². The number of hydrogen-bond donors (Lipinski definition) is 2. The average molecular weight is 239 g/mol. The molecule has 0 aliphatic rings. The molecule has 0 aliphatic carbocycles.